The van der Waals surface area contributed by atoms with E-state index in [1.807, 2.05) is 0 Å². The van der Waals surface area contributed by atoms with E-state index in [4.69, 9.17) is 23.2 Å². The topological polar surface area (TPSA) is 80.5 Å². The minimum Gasteiger partial charge on any atom is -0.268 e. The lowest BCUT2D eigenvalue weighted by molar-refractivity contribution is -0.384. The van der Waals surface area contributed by atoms with Crippen molar-refractivity contribution >= 4 is 57.2 Å². The lowest BCUT2D eigenvalue weighted by atomic mass is 9.93. The second kappa shape index (κ2) is 5.79. The van der Waals surface area contributed by atoms with E-state index in [1.165, 1.54) is 36.4 Å². The van der Waals surface area contributed by atoms with Gasteiger partial charge in [-0.25, -0.2) is 4.90 Å². The van der Waals surface area contributed by atoms with E-state index in [0.717, 1.165) is 4.90 Å². The van der Waals surface area contributed by atoms with Crippen molar-refractivity contribution in [3.63, 3.8) is 0 Å². The van der Waals surface area contributed by atoms with Crippen LogP contribution in [0.25, 0.3) is 10.8 Å². The van der Waals surface area contributed by atoms with Crippen LogP contribution in [0.5, 0.6) is 0 Å². The Kier molecular flexibility index (Phi) is 3.68. The van der Waals surface area contributed by atoms with Gasteiger partial charge in [-0.1, -0.05) is 23.2 Å². The summed E-state index contributed by atoms with van der Waals surface area (Å²) in [4.78, 5) is 37.1. The van der Waals surface area contributed by atoms with Crippen LogP contribution < -0.4 is 4.90 Å². The normalized spacial score (nSPS) is 13.4. The summed E-state index contributed by atoms with van der Waals surface area (Å²) in [6.07, 6.45) is 0. The molecule has 2 amide bonds. The number of hydrogen-bond donors (Lipinski definition) is 0. The van der Waals surface area contributed by atoms with Gasteiger partial charge in [0.05, 0.1) is 10.6 Å². The maximum absolute atomic E-state index is 12.9. The van der Waals surface area contributed by atoms with Crippen LogP contribution in [-0.2, 0) is 0 Å². The molecule has 0 fully saturated rings. The predicted octanol–water partition coefficient (Wildman–Crippen LogP) is 4.86. The van der Waals surface area contributed by atoms with Gasteiger partial charge in [-0.15, -0.1) is 0 Å². The van der Waals surface area contributed by atoms with E-state index in [1.54, 1.807) is 12.1 Å². The Bertz CT molecular complexity index is 1070. The number of carbonyl (C=O) groups excluding carboxylic acids is 2. The van der Waals surface area contributed by atoms with Crippen LogP contribution in [0.2, 0.25) is 10.0 Å². The molecule has 0 aromatic heterocycles. The minimum absolute atomic E-state index is 0.133. The standard InChI is InChI=1S/C18H8Cl2N2O4/c19-13-7-5-11-15-12(6-8-14(20)16(13)15)18(24)21(17(11)23)9-1-3-10(4-2-9)22(25)26/h1-8H. The van der Waals surface area contributed by atoms with Gasteiger partial charge in [-0.3, -0.25) is 19.7 Å². The lowest BCUT2D eigenvalue weighted by Crippen LogP contribution is -2.40. The SMILES string of the molecule is O=C1c2ccc(Cl)c3c(Cl)ccc(c23)C(=O)N1c1ccc([N+](=O)[O-])cc1. The molecule has 8 heteroatoms. The van der Waals surface area contributed by atoms with Crippen LogP contribution >= 0.6 is 23.2 Å². The third-order valence-electron chi connectivity index (χ3n) is 4.24. The largest absolute Gasteiger partial charge is 0.269 e. The second-order valence-electron chi connectivity index (χ2n) is 5.66. The highest BCUT2D eigenvalue weighted by atomic mass is 35.5. The molecule has 1 aliphatic rings. The molecule has 1 aliphatic heterocycles. The Balaban J connectivity index is 1.93. The summed E-state index contributed by atoms with van der Waals surface area (Å²) in [6, 6.07) is 11.4. The third kappa shape index (κ3) is 2.27. The van der Waals surface area contributed by atoms with E-state index < -0.39 is 16.7 Å². The summed E-state index contributed by atoms with van der Waals surface area (Å²) in [5.74, 6) is -1.08. The number of non-ortho nitro benzene ring substituents is 1. The van der Waals surface area contributed by atoms with Gasteiger partial charge in [0.15, 0.2) is 0 Å². The van der Waals surface area contributed by atoms with E-state index >= 15 is 0 Å². The smallest absolute Gasteiger partial charge is 0.268 e. The summed E-state index contributed by atoms with van der Waals surface area (Å²) in [7, 11) is 0. The maximum Gasteiger partial charge on any atom is 0.269 e. The number of imide groups is 1. The Morgan fingerprint density at radius 3 is 1.73 bits per heavy atom. The quantitative estimate of drug-likeness (QED) is 0.358. The maximum atomic E-state index is 12.9. The zero-order valence-corrected chi connectivity index (χ0v) is 14.4. The monoisotopic (exact) mass is 386 g/mol. The molecule has 4 rings (SSSR count). The summed E-state index contributed by atoms with van der Waals surface area (Å²) in [5, 5.41) is 12.4. The van der Waals surface area contributed by atoms with E-state index in [9.17, 15) is 19.7 Å². The predicted molar refractivity (Wildman–Crippen MR) is 98.2 cm³/mol. The van der Waals surface area contributed by atoms with Crippen molar-refractivity contribution in [3.05, 3.63) is 79.8 Å². The Hall–Kier alpha value is -2.96. The molecule has 0 aliphatic carbocycles. The molecule has 3 aromatic carbocycles. The van der Waals surface area contributed by atoms with Gasteiger partial charge in [-0.05, 0) is 36.4 Å². The molecule has 0 saturated heterocycles. The Morgan fingerprint density at radius 1 is 0.769 bits per heavy atom. The van der Waals surface area contributed by atoms with Crippen molar-refractivity contribution in [2.45, 2.75) is 0 Å². The third-order valence-corrected chi connectivity index (χ3v) is 4.87. The van der Waals surface area contributed by atoms with E-state index in [0.29, 0.717) is 31.9 Å². The van der Waals surface area contributed by atoms with Gasteiger partial charge in [0, 0.05) is 44.1 Å². The van der Waals surface area contributed by atoms with Crippen LogP contribution in [0.15, 0.2) is 48.5 Å². The van der Waals surface area contributed by atoms with Crippen molar-refractivity contribution < 1.29 is 14.5 Å². The fraction of sp³-hybridized carbons (Fsp3) is 0. The van der Waals surface area contributed by atoms with Crippen molar-refractivity contribution in [2.24, 2.45) is 0 Å². The molecule has 128 valence electrons. The first-order chi connectivity index (χ1) is 12.4. The highest BCUT2D eigenvalue weighted by Gasteiger charge is 2.35. The Labute approximate surface area is 156 Å². The fourth-order valence-corrected chi connectivity index (χ4v) is 3.63. The second-order valence-corrected chi connectivity index (χ2v) is 6.47. The number of hydrogen-bond acceptors (Lipinski definition) is 4. The molecule has 3 aromatic rings. The van der Waals surface area contributed by atoms with Gasteiger partial charge in [0.1, 0.15) is 0 Å². The van der Waals surface area contributed by atoms with Gasteiger partial charge in [0.25, 0.3) is 17.5 Å². The molecular weight excluding hydrogens is 379 g/mol. The van der Waals surface area contributed by atoms with Crippen molar-refractivity contribution in [2.75, 3.05) is 4.90 Å². The molecule has 1 heterocycles. The molecule has 0 spiro atoms. The fourth-order valence-electron chi connectivity index (χ4n) is 3.06. The molecule has 26 heavy (non-hydrogen) atoms. The minimum atomic E-state index is -0.552. The number of rotatable bonds is 2. The number of halogens is 2. The van der Waals surface area contributed by atoms with Gasteiger partial charge in [-0.2, -0.15) is 0 Å². The number of nitro benzene ring substituents is 1. The van der Waals surface area contributed by atoms with Gasteiger partial charge >= 0.3 is 0 Å². The summed E-state index contributed by atoms with van der Waals surface area (Å²) in [6.45, 7) is 0. The molecule has 0 saturated carbocycles. The summed E-state index contributed by atoms with van der Waals surface area (Å²) < 4.78 is 0. The number of benzene rings is 3. The van der Waals surface area contributed by atoms with Crippen LogP contribution in [0.3, 0.4) is 0 Å². The molecular formula is C18H8Cl2N2O4. The van der Waals surface area contributed by atoms with Gasteiger partial charge < -0.3 is 0 Å². The first-order valence-corrected chi connectivity index (χ1v) is 8.19. The first-order valence-electron chi connectivity index (χ1n) is 7.44. The number of nitrogens with zero attached hydrogens (tertiary/aromatic N) is 2. The molecule has 0 radical (unpaired) electrons. The first kappa shape index (κ1) is 16.5. The average Bonchev–Trinajstić information content (AvgIpc) is 2.61. The molecule has 0 bridgehead atoms. The summed E-state index contributed by atoms with van der Waals surface area (Å²) >= 11 is 12.4. The molecule has 0 unspecified atom stereocenters. The zero-order chi connectivity index (χ0) is 18.6. The van der Waals surface area contributed by atoms with Crippen LogP contribution in [0, 0.1) is 10.1 Å². The number of carbonyl (C=O) groups is 2. The number of anilines is 1. The van der Waals surface area contributed by atoms with Crippen molar-refractivity contribution in [1.82, 2.24) is 0 Å². The van der Waals surface area contributed by atoms with E-state index in [2.05, 4.69) is 0 Å². The molecule has 0 atom stereocenters. The van der Waals surface area contributed by atoms with Crippen molar-refractivity contribution in [3.8, 4) is 0 Å². The molecule has 6 nitrogen and oxygen atoms in total. The van der Waals surface area contributed by atoms with E-state index in [-0.39, 0.29) is 11.4 Å². The Morgan fingerprint density at radius 2 is 1.27 bits per heavy atom. The average molecular weight is 387 g/mol. The van der Waals surface area contributed by atoms with Crippen LogP contribution in [0.4, 0.5) is 11.4 Å². The lowest BCUT2D eigenvalue weighted by Gasteiger charge is -2.27. The highest BCUT2D eigenvalue weighted by Crippen LogP contribution is 2.39. The zero-order valence-electron chi connectivity index (χ0n) is 12.9. The highest BCUT2D eigenvalue weighted by molar-refractivity contribution is 6.46. The van der Waals surface area contributed by atoms with Crippen LogP contribution in [-0.4, -0.2) is 16.7 Å². The van der Waals surface area contributed by atoms with Gasteiger partial charge in [0.2, 0.25) is 0 Å². The van der Waals surface area contributed by atoms with Crippen molar-refractivity contribution in [1.29, 1.82) is 0 Å². The number of nitro groups is 1. The summed E-state index contributed by atoms with van der Waals surface area (Å²) in [5.41, 5.74) is 0.695. The van der Waals surface area contributed by atoms with Crippen LogP contribution in [0.1, 0.15) is 20.7 Å². The molecule has 0 N–H and O–H groups in total. The number of amides is 2.